The summed E-state index contributed by atoms with van der Waals surface area (Å²) in [6.45, 7) is 5.84. The molecule has 0 aliphatic carbocycles. The number of likely N-dealkylation sites (tertiary alicyclic amines) is 1. The first-order valence-electron chi connectivity index (χ1n) is 8.28. The van der Waals surface area contributed by atoms with Crippen molar-refractivity contribution >= 4 is 0 Å². The van der Waals surface area contributed by atoms with Crippen LogP contribution in [-0.4, -0.2) is 30.6 Å². The van der Waals surface area contributed by atoms with Gasteiger partial charge in [0.05, 0.1) is 6.61 Å². The van der Waals surface area contributed by atoms with Crippen LogP contribution >= 0.6 is 0 Å². The lowest BCUT2D eigenvalue weighted by Crippen LogP contribution is -2.37. The minimum Gasteiger partial charge on any atom is -0.494 e. The molecule has 1 aromatic carbocycles. The molecule has 0 amide bonds. The molecule has 1 saturated heterocycles. The maximum atomic E-state index is 5.71. The number of ether oxygens (including phenoxy) is 1. The van der Waals surface area contributed by atoms with Gasteiger partial charge in [0.25, 0.3) is 0 Å². The molecule has 1 aromatic rings. The van der Waals surface area contributed by atoms with Crippen molar-refractivity contribution in [3.63, 3.8) is 0 Å². The van der Waals surface area contributed by atoms with Crippen molar-refractivity contribution in [3.8, 4) is 5.75 Å². The molecule has 0 bridgehead atoms. The highest BCUT2D eigenvalue weighted by Crippen LogP contribution is 2.17. The van der Waals surface area contributed by atoms with E-state index in [0.717, 1.165) is 18.4 Å². The summed E-state index contributed by atoms with van der Waals surface area (Å²) in [6.07, 6.45) is 9.35. The molecule has 0 aromatic heterocycles. The molecule has 112 valence electrons. The second-order valence-corrected chi connectivity index (χ2v) is 5.96. The van der Waals surface area contributed by atoms with Crippen molar-refractivity contribution in [1.82, 2.24) is 4.90 Å². The van der Waals surface area contributed by atoms with Crippen LogP contribution < -0.4 is 4.74 Å². The average Bonchev–Trinajstić information content (AvgIpc) is 2.49. The lowest BCUT2D eigenvalue weighted by Gasteiger charge is -2.33. The van der Waals surface area contributed by atoms with Gasteiger partial charge in [0.1, 0.15) is 5.75 Å². The van der Waals surface area contributed by atoms with E-state index < -0.39 is 0 Å². The van der Waals surface area contributed by atoms with Gasteiger partial charge in [0.15, 0.2) is 0 Å². The number of unbranched alkanes of at least 4 members (excludes halogenated alkanes) is 3. The van der Waals surface area contributed by atoms with Crippen molar-refractivity contribution in [2.45, 2.75) is 57.9 Å². The van der Waals surface area contributed by atoms with Gasteiger partial charge in [-0.3, -0.25) is 0 Å². The molecule has 1 aliphatic rings. The third kappa shape index (κ3) is 5.54. The molecule has 1 atom stereocenters. The van der Waals surface area contributed by atoms with E-state index in [1.54, 1.807) is 0 Å². The Kier molecular flexibility index (Phi) is 6.93. The van der Waals surface area contributed by atoms with E-state index in [2.05, 4.69) is 11.8 Å². The number of hydrogen-bond donors (Lipinski definition) is 0. The molecule has 1 aliphatic heterocycles. The number of hydrogen-bond acceptors (Lipinski definition) is 2. The van der Waals surface area contributed by atoms with E-state index >= 15 is 0 Å². The van der Waals surface area contributed by atoms with Crippen LogP contribution in [0.25, 0.3) is 0 Å². The van der Waals surface area contributed by atoms with Crippen molar-refractivity contribution in [2.24, 2.45) is 0 Å². The van der Waals surface area contributed by atoms with Gasteiger partial charge in [0, 0.05) is 6.04 Å². The van der Waals surface area contributed by atoms with Gasteiger partial charge in [-0.05, 0) is 57.8 Å². The van der Waals surface area contributed by atoms with Crippen molar-refractivity contribution in [3.05, 3.63) is 30.3 Å². The number of para-hydroxylation sites is 1. The van der Waals surface area contributed by atoms with Gasteiger partial charge >= 0.3 is 0 Å². The third-order valence-electron chi connectivity index (χ3n) is 4.29. The first-order valence-corrected chi connectivity index (χ1v) is 8.28. The summed E-state index contributed by atoms with van der Waals surface area (Å²) in [4.78, 5) is 2.67. The smallest absolute Gasteiger partial charge is 0.119 e. The molecule has 2 nitrogen and oxygen atoms in total. The zero-order chi connectivity index (χ0) is 14.0. The van der Waals surface area contributed by atoms with Crippen LogP contribution in [0.2, 0.25) is 0 Å². The third-order valence-corrected chi connectivity index (χ3v) is 4.29. The molecule has 1 fully saturated rings. The first-order chi connectivity index (χ1) is 9.86. The molecule has 0 unspecified atom stereocenters. The summed E-state index contributed by atoms with van der Waals surface area (Å²) in [5.74, 6) is 0.995. The molecule has 20 heavy (non-hydrogen) atoms. The Labute approximate surface area is 124 Å². The van der Waals surface area contributed by atoms with Crippen LogP contribution in [-0.2, 0) is 0 Å². The molecular formula is C18H29NO. The number of piperidine rings is 1. The van der Waals surface area contributed by atoms with Crippen LogP contribution in [0.3, 0.4) is 0 Å². The predicted molar refractivity (Wildman–Crippen MR) is 85.3 cm³/mol. The Morgan fingerprint density at radius 2 is 1.85 bits per heavy atom. The van der Waals surface area contributed by atoms with Crippen LogP contribution in [0.15, 0.2) is 30.3 Å². The SMILES string of the molecule is C[C@@H]1CCCCN1CCCCCCOc1ccccc1. The summed E-state index contributed by atoms with van der Waals surface area (Å²) in [6, 6.07) is 10.9. The Hall–Kier alpha value is -1.02. The zero-order valence-electron chi connectivity index (χ0n) is 12.9. The van der Waals surface area contributed by atoms with Gasteiger partial charge in [-0.2, -0.15) is 0 Å². The average molecular weight is 275 g/mol. The maximum absolute atomic E-state index is 5.71. The number of benzene rings is 1. The second kappa shape index (κ2) is 9.02. The molecule has 0 radical (unpaired) electrons. The van der Waals surface area contributed by atoms with Crippen LogP contribution in [0.5, 0.6) is 5.75 Å². The summed E-state index contributed by atoms with van der Waals surface area (Å²) in [7, 11) is 0. The summed E-state index contributed by atoms with van der Waals surface area (Å²) < 4.78 is 5.71. The van der Waals surface area contributed by atoms with Crippen LogP contribution in [0.1, 0.15) is 51.9 Å². The predicted octanol–water partition coefficient (Wildman–Crippen LogP) is 4.50. The summed E-state index contributed by atoms with van der Waals surface area (Å²) in [5.41, 5.74) is 0. The number of rotatable bonds is 8. The fourth-order valence-electron chi connectivity index (χ4n) is 2.97. The van der Waals surface area contributed by atoms with Gasteiger partial charge in [-0.1, -0.05) is 37.5 Å². The molecule has 0 N–H and O–H groups in total. The molecule has 2 rings (SSSR count). The van der Waals surface area contributed by atoms with Gasteiger partial charge in [-0.25, -0.2) is 0 Å². The van der Waals surface area contributed by atoms with Gasteiger partial charge < -0.3 is 9.64 Å². The van der Waals surface area contributed by atoms with Crippen molar-refractivity contribution in [1.29, 1.82) is 0 Å². The topological polar surface area (TPSA) is 12.5 Å². The first kappa shape index (κ1) is 15.4. The second-order valence-electron chi connectivity index (χ2n) is 5.96. The van der Waals surface area contributed by atoms with Crippen LogP contribution in [0, 0.1) is 0 Å². The van der Waals surface area contributed by atoms with E-state index in [0.29, 0.717) is 0 Å². The Bertz CT molecular complexity index is 352. The standard InChI is InChI=1S/C18H29NO/c1-17-11-7-9-15-19(17)14-8-2-3-10-16-20-18-12-5-4-6-13-18/h4-6,12-13,17H,2-3,7-11,14-16H2,1H3/t17-/m1/s1. The zero-order valence-corrected chi connectivity index (χ0v) is 12.9. The number of nitrogens with zero attached hydrogens (tertiary/aromatic N) is 1. The summed E-state index contributed by atoms with van der Waals surface area (Å²) >= 11 is 0. The normalized spacial score (nSPS) is 19.9. The van der Waals surface area contributed by atoms with Crippen molar-refractivity contribution in [2.75, 3.05) is 19.7 Å². The Morgan fingerprint density at radius 1 is 1.05 bits per heavy atom. The highest BCUT2D eigenvalue weighted by atomic mass is 16.5. The molecule has 1 heterocycles. The largest absolute Gasteiger partial charge is 0.494 e. The fourth-order valence-corrected chi connectivity index (χ4v) is 2.97. The van der Waals surface area contributed by atoms with E-state index in [-0.39, 0.29) is 0 Å². The lowest BCUT2D eigenvalue weighted by molar-refractivity contribution is 0.157. The Morgan fingerprint density at radius 3 is 2.65 bits per heavy atom. The fraction of sp³-hybridized carbons (Fsp3) is 0.667. The van der Waals surface area contributed by atoms with E-state index in [9.17, 15) is 0 Å². The maximum Gasteiger partial charge on any atom is 0.119 e. The van der Waals surface area contributed by atoms with Gasteiger partial charge in [-0.15, -0.1) is 0 Å². The lowest BCUT2D eigenvalue weighted by atomic mass is 10.0. The van der Waals surface area contributed by atoms with Gasteiger partial charge in [0.2, 0.25) is 0 Å². The van der Waals surface area contributed by atoms with E-state index in [4.69, 9.17) is 4.74 Å². The highest BCUT2D eigenvalue weighted by Gasteiger charge is 2.16. The highest BCUT2D eigenvalue weighted by molar-refractivity contribution is 5.20. The van der Waals surface area contributed by atoms with E-state index in [1.165, 1.54) is 58.0 Å². The summed E-state index contributed by atoms with van der Waals surface area (Å²) in [5, 5.41) is 0. The molecule has 2 heteroatoms. The van der Waals surface area contributed by atoms with Crippen molar-refractivity contribution < 1.29 is 4.74 Å². The Balaban J connectivity index is 1.45. The quantitative estimate of drug-likeness (QED) is 0.648. The molecule has 0 spiro atoms. The minimum absolute atomic E-state index is 0.810. The van der Waals surface area contributed by atoms with Crippen LogP contribution in [0.4, 0.5) is 0 Å². The molecule has 0 saturated carbocycles. The van der Waals surface area contributed by atoms with E-state index in [1.807, 2.05) is 30.3 Å². The monoisotopic (exact) mass is 275 g/mol. The minimum atomic E-state index is 0.810. The molecular weight excluding hydrogens is 246 g/mol.